The second kappa shape index (κ2) is 2.94. The summed E-state index contributed by atoms with van der Waals surface area (Å²) in [5.74, 6) is 0.779. The number of fused-ring (bicyclic) bond motifs is 1. The molecule has 0 aromatic rings. The Morgan fingerprint density at radius 3 is 2.77 bits per heavy atom. The first-order chi connectivity index (χ1) is 6.34. The minimum absolute atomic E-state index is 0.389. The summed E-state index contributed by atoms with van der Waals surface area (Å²) in [7, 11) is 0. The fourth-order valence-corrected chi connectivity index (χ4v) is 3.03. The maximum Gasteiger partial charge on any atom is 0.0845 e. The molecule has 0 bridgehead atoms. The molecule has 3 heteroatoms. The van der Waals surface area contributed by atoms with Crippen molar-refractivity contribution >= 4 is 0 Å². The summed E-state index contributed by atoms with van der Waals surface area (Å²) < 4.78 is 5.53. The summed E-state index contributed by atoms with van der Waals surface area (Å²) >= 11 is 0. The highest BCUT2D eigenvalue weighted by Crippen LogP contribution is 2.41. The van der Waals surface area contributed by atoms with Gasteiger partial charge >= 0.3 is 0 Å². The molecule has 2 saturated heterocycles. The number of rotatable bonds is 1. The molecular formula is C10H18N2O. The maximum atomic E-state index is 6.07. The van der Waals surface area contributed by atoms with Gasteiger partial charge in [0.2, 0.25) is 0 Å². The predicted molar refractivity (Wildman–Crippen MR) is 50.4 cm³/mol. The van der Waals surface area contributed by atoms with Gasteiger partial charge in [0, 0.05) is 12.1 Å². The number of hydrogen-bond donors (Lipinski definition) is 2. The van der Waals surface area contributed by atoms with Gasteiger partial charge in [-0.25, -0.2) is 0 Å². The number of nitrogens with two attached hydrogens (primary N) is 1. The third-order valence-corrected chi connectivity index (χ3v) is 3.87. The predicted octanol–water partition coefficient (Wildman–Crippen LogP) is 0.243. The molecule has 5 atom stereocenters. The highest BCUT2D eigenvalue weighted by molar-refractivity contribution is 4.99. The van der Waals surface area contributed by atoms with Gasteiger partial charge in [-0.3, -0.25) is 0 Å². The van der Waals surface area contributed by atoms with Crippen molar-refractivity contribution in [2.75, 3.05) is 6.54 Å². The molecule has 0 spiro atoms. The molecule has 3 fully saturated rings. The zero-order chi connectivity index (χ0) is 8.84. The van der Waals surface area contributed by atoms with Gasteiger partial charge in [-0.2, -0.15) is 0 Å². The van der Waals surface area contributed by atoms with Gasteiger partial charge in [0.15, 0.2) is 0 Å². The standard InChI is InChI=1S/C10H18N2O/c11-7-3-4-12-10(7)6-1-2-8-9(5-6)13-8/h6-10,12H,1-5,11H2. The van der Waals surface area contributed by atoms with Crippen LogP contribution in [0.3, 0.4) is 0 Å². The number of ether oxygens (including phenoxy) is 1. The second-order valence-electron chi connectivity index (χ2n) is 4.72. The topological polar surface area (TPSA) is 50.6 Å². The molecule has 13 heavy (non-hydrogen) atoms. The maximum absolute atomic E-state index is 6.07. The van der Waals surface area contributed by atoms with Gasteiger partial charge in [0.1, 0.15) is 0 Å². The summed E-state index contributed by atoms with van der Waals surface area (Å²) in [6.07, 6.45) is 6.18. The highest BCUT2D eigenvalue weighted by Gasteiger charge is 2.46. The van der Waals surface area contributed by atoms with Crippen molar-refractivity contribution in [3.63, 3.8) is 0 Å². The van der Waals surface area contributed by atoms with E-state index in [0.717, 1.165) is 18.9 Å². The quantitative estimate of drug-likeness (QED) is 0.571. The Morgan fingerprint density at radius 2 is 2.08 bits per heavy atom. The fraction of sp³-hybridized carbons (Fsp3) is 1.00. The van der Waals surface area contributed by atoms with Crippen molar-refractivity contribution in [1.82, 2.24) is 5.32 Å². The molecule has 1 aliphatic carbocycles. The molecule has 3 aliphatic rings. The van der Waals surface area contributed by atoms with E-state index < -0.39 is 0 Å². The van der Waals surface area contributed by atoms with E-state index in [1.165, 1.54) is 19.3 Å². The number of epoxide rings is 1. The second-order valence-corrected chi connectivity index (χ2v) is 4.72. The van der Waals surface area contributed by atoms with Crippen LogP contribution in [-0.4, -0.2) is 30.8 Å². The Labute approximate surface area is 79.0 Å². The van der Waals surface area contributed by atoms with Gasteiger partial charge < -0.3 is 15.8 Å². The van der Waals surface area contributed by atoms with Crippen molar-refractivity contribution in [3.8, 4) is 0 Å². The van der Waals surface area contributed by atoms with Crippen LogP contribution in [0.2, 0.25) is 0 Å². The summed E-state index contributed by atoms with van der Waals surface area (Å²) in [6, 6.07) is 0.963. The molecular weight excluding hydrogens is 164 g/mol. The zero-order valence-electron chi connectivity index (χ0n) is 7.91. The molecule has 3 rings (SSSR count). The van der Waals surface area contributed by atoms with E-state index in [0.29, 0.717) is 24.3 Å². The Kier molecular flexibility index (Phi) is 1.86. The van der Waals surface area contributed by atoms with Crippen LogP contribution in [0.1, 0.15) is 25.7 Å². The van der Waals surface area contributed by atoms with Gasteiger partial charge in [-0.15, -0.1) is 0 Å². The molecule has 0 amide bonds. The van der Waals surface area contributed by atoms with Gasteiger partial charge in [0.05, 0.1) is 12.2 Å². The van der Waals surface area contributed by atoms with E-state index in [1.54, 1.807) is 0 Å². The molecule has 0 aromatic heterocycles. The van der Waals surface area contributed by atoms with Crippen LogP contribution >= 0.6 is 0 Å². The van der Waals surface area contributed by atoms with Crippen LogP contribution in [0.25, 0.3) is 0 Å². The lowest BCUT2D eigenvalue weighted by molar-refractivity contribution is 0.289. The van der Waals surface area contributed by atoms with Crippen LogP contribution in [0, 0.1) is 5.92 Å². The largest absolute Gasteiger partial charge is 0.370 e. The van der Waals surface area contributed by atoms with Crippen LogP contribution in [0.5, 0.6) is 0 Å². The van der Waals surface area contributed by atoms with Crippen LogP contribution in [0.4, 0.5) is 0 Å². The summed E-state index contributed by atoms with van der Waals surface area (Å²) in [6.45, 7) is 1.11. The third-order valence-electron chi connectivity index (χ3n) is 3.87. The molecule has 3 N–H and O–H groups in total. The van der Waals surface area contributed by atoms with Crippen molar-refractivity contribution in [3.05, 3.63) is 0 Å². The molecule has 2 heterocycles. The highest BCUT2D eigenvalue weighted by atomic mass is 16.6. The Bertz CT molecular complexity index is 209. The fourth-order valence-electron chi connectivity index (χ4n) is 3.03. The zero-order valence-corrected chi connectivity index (χ0v) is 7.91. The third kappa shape index (κ3) is 1.39. The molecule has 2 aliphatic heterocycles. The Hall–Kier alpha value is -0.120. The van der Waals surface area contributed by atoms with Crippen molar-refractivity contribution < 1.29 is 4.74 Å². The smallest absolute Gasteiger partial charge is 0.0845 e. The first kappa shape index (κ1) is 8.21. The Balaban J connectivity index is 1.63. The monoisotopic (exact) mass is 182 g/mol. The van der Waals surface area contributed by atoms with E-state index in [1.807, 2.05) is 0 Å². The summed E-state index contributed by atoms with van der Waals surface area (Å²) in [5, 5.41) is 3.53. The van der Waals surface area contributed by atoms with Gasteiger partial charge in [0.25, 0.3) is 0 Å². The molecule has 0 radical (unpaired) electrons. The van der Waals surface area contributed by atoms with Crippen LogP contribution < -0.4 is 11.1 Å². The minimum atomic E-state index is 0.389. The minimum Gasteiger partial charge on any atom is -0.370 e. The lowest BCUT2D eigenvalue weighted by Crippen LogP contribution is -2.43. The number of hydrogen-bond acceptors (Lipinski definition) is 3. The molecule has 1 saturated carbocycles. The summed E-state index contributed by atoms with van der Waals surface area (Å²) in [4.78, 5) is 0. The average molecular weight is 182 g/mol. The SMILES string of the molecule is NC1CCNC1C1CCC2OC2C1. The number of nitrogens with one attached hydrogen (secondary N) is 1. The van der Waals surface area contributed by atoms with Crippen molar-refractivity contribution in [1.29, 1.82) is 0 Å². The molecule has 5 unspecified atom stereocenters. The van der Waals surface area contributed by atoms with Crippen molar-refractivity contribution in [2.45, 2.75) is 50.0 Å². The first-order valence-electron chi connectivity index (χ1n) is 5.49. The average Bonchev–Trinajstić information content (AvgIpc) is 2.79. The summed E-state index contributed by atoms with van der Waals surface area (Å²) in [5.41, 5.74) is 6.07. The van der Waals surface area contributed by atoms with Crippen molar-refractivity contribution in [2.24, 2.45) is 11.7 Å². The van der Waals surface area contributed by atoms with E-state index in [4.69, 9.17) is 10.5 Å². The first-order valence-corrected chi connectivity index (χ1v) is 5.49. The molecule has 74 valence electrons. The van der Waals surface area contributed by atoms with Crippen LogP contribution in [0.15, 0.2) is 0 Å². The lowest BCUT2D eigenvalue weighted by Gasteiger charge is -2.28. The molecule has 0 aromatic carbocycles. The van der Waals surface area contributed by atoms with E-state index in [9.17, 15) is 0 Å². The van der Waals surface area contributed by atoms with E-state index >= 15 is 0 Å². The van der Waals surface area contributed by atoms with Crippen LogP contribution in [-0.2, 0) is 4.74 Å². The van der Waals surface area contributed by atoms with Gasteiger partial charge in [-0.1, -0.05) is 0 Å². The van der Waals surface area contributed by atoms with E-state index in [2.05, 4.69) is 5.32 Å². The Morgan fingerprint density at radius 1 is 1.15 bits per heavy atom. The molecule has 3 nitrogen and oxygen atoms in total. The van der Waals surface area contributed by atoms with E-state index in [-0.39, 0.29) is 0 Å². The lowest BCUT2D eigenvalue weighted by atomic mass is 9.82. The van der Waals surface area contributed by atoms with Gasteiger partial charge in [-0.05, 0) is 38.1 Å². The normalized spacial score (nSPS) is 54.7.